The number of hydrogen-bond donors (Lipinski definition) is 0. The second-order valence-electron chi connectivity index (χ2n) is 8.58. The summed E-state index contributed by atoms with van der Waals surface area (Å²) in [5.41, 5.74) is -0.138. The Kier molecular flexibility index (Phi) is 8.56. The maximum absolute atomic E-state index is 13.3. The van der Waals surface area contributed by atoms with Gasteiger partial charge in [0.25, 0.3) is 11.6 Å². The van der Waals surface area contributed by atoms with Gasteiger partial charge in [0.2, 0.25) is 11.8 Å². The van der Waals surface area contributed by atoms with Crippen LogP contribution >= 0.6 is 23.2 Å². The highest BCUT2D eigenvalue weighted by atomic mass is 35.5. The van der Waals surface area contributed by atoms with Crippen LogP contribution in [0.5, 0.6) is 5.75 Å². The second kappa shape index (κ2) is 12.1. The first-order chi connectivity index (χ1) is 19.0. The number of ether oxygens (including phenoxy) is 1. The quantitative estimate of drug-likeness (QED) is 0.0908. The fourth-order valence-corrected chi connectivity index (χ4v) is 4.36. The number of nitro groups is 1. The van der Waals surface area contributed by atoms with Crippen molar-refractivity contribution in [2.24, 2.45) is 0 Å². The summed E-state index contributed by atoms with van der Waals surface area (Å²) in [4.78, 5) is 74.4. The molecule has 1 saturated heterocycles. The van der Waals surface area contributed by atoms with Crippen LogP contribution in [0.4, 0.5) is 5.69 Å². The van der Waals surface area contributed by atoms with Gasteiger partial charge in [-0.1, -0.05) is 23.2 Å². The third kappa shape index (κ3) is 6.33. The molecule has 1 heterocycles. The highest BCUT2D eigenvalue weighted by Crippen LogP contribution is 2.24. The molecule has 1 aliphatic heterocycles. The molecule has 3 amide bonds. The van der Waals surface area contributed by atoms with Gasteiger partial charge >= 0.3 is 5.97 Å². The van der Waals surface area contributed by atoms with E-state index in [2.05, 4.69) is 0 Å². The number of carbonyl (C=O) groups is 5. The Bertz CT molecular complexity index is 1510. The molecular formula is C27H19Cl2N3O8. The number of ketones is 1. The summed E-state index contributed by atoms with van der Waals surface area (Å²) < 4.78 is 5.30. The van der Waals surface area contributed by atoms with Crippen molar-refractivity contribution in [2.75, 3.05) is 6.54 Å². The Morgan fingerprint density at radius 2 is 1.50 bits per heavy atom. The lowest BCUT2D eigenvalue weighted by Gasteiger charge is -2.35. The van der Waals surface area contributed by atoms with Crippen LogP contribution in [-0.2, 0) is 9.59 Å². The summed E-state index contributed by atoms with van der Waals surface area (Å²) in [7, 11) is 0. The molecule has 0 bridgehead atoms. The highest BCUT2D eigenvalue weighted by Gasteiger charge is 2.36. The normalized spacial score (nSPS) is 13.1. The van der Waals surface area contributed by atoms with E-state index < -0.39 is 40.9 Å². The van der Waals surface area contributed by atoms with Crippen LogP contribution in [0.1, 0.15) is 50.3 Å². The maximum atomic E-state index is 13.3. The number of piperidine rings is 1. The van der Waals surface area contributed by atoms with Crippen molar-refractivity contribution in [3.63, 3.8) is 0 Å². The molecular weight excluding hydrogens is 565 g/mol. The van der Waals surface area contributed by atoms with Crippen molar-refractivity contribution in [1.82, 2.24) is 10.0 Å². The number of imide groups is 1. The zero-order valence-corrected chi connectivity index (χ0v) is 22.1. The Hall–Kier alpha value is -4.61. The first-order valence-electron chi connectivity index (χ1n) is 11.8. The van der Waals surface area contributed by atoms with E-state index in [4.69, 9.17) is 27.9 Å². The average Bonchev–Trinajstić information content (AvgIpc) is 2.92. The molecule has 0 N–H and O–H groups in total. The van der Waals surface area contributed by atoms with Crippen LogP contribution in [0.3, 0.4) is 0 Å². The van der Waals surface area contributed by atoms with Crippen LogP contribution in [0.2, 0.25) is 10.0 Å². The number of hydrazine groups is 1. The molecule has 1 aliphatic rings. The van der Waals surface area contributed by atoms with E-state index in [1.165, 1.54) is 54.6 Å². The van der Waals surface area contributed by atoms with Crippen LogP contribution in [0.15, 0.2) is 66.7 Å². The Labute approximate surface area is 236 Å². The molecule has 40 heavy (non-hydrogen) atoms. The molecule has 0 radical (unpaired) electrons. The minimum Gasteiger partial charge on any atom is -0.423 e. The molecule has 0 atom stereocenters. The minimum absolute atomic E-state index is 0.00166. The molecule has 204 valence electrons. The molecule has 1 fully saturated rings. The molecule has 0 aromatic heterocycles. The number of benzene rings is 3. The highest BCUT2D eigenvalue weighted by molar-refractivity contribution is 6.36. The molecule has 0 saturated carbocycles. The third-order valence-electron chi connectivity index (χ3n) is 5.89. The van der Waals surface area contributed by atoms with Gasteiger partial charge in [0.05, 0.1) is 15.5 Å². The molecule has 11 nitrogen and oxygen atoms in total. The van der Waals surface area contributed by atoms with Crippen molar-refractivity contribution in [1.29, 1.82) is 0 Å². The number of hydrogen-bond acceptors (Lipinski definition) is 8. The van der Waals surface area contributed by atoms with Crippen molar-refractivity contribution in [3.05, 3.63) is 104 Å². The predicted octanol–water partition coefficient (Wildman–Crippen LogP) is 4.90. The van der Waals surface area contributed by atoms with Gasteiger partial charge in [-0.15, -0.1) is 0 Å². The molecule has 3 aromatic carbocycles. The van der Waals surface area contributed by atoms with E-state index in [1.807, 2.05) is 0 Å². The number of rotatable bonds is 8. The lowest BCUT2D eigenvalue weighted by Crippen LogP contribution is -2.56. The molecule has 0 aliphatic carbocycles. The zero-order valence-electron chi connectivity index (χ0n) is 20.5. The minimum atomic E-state index is -0.864. The first kappa shape index (κ1) is 28.4. The second-order valence-corrected chi connectivity index (χ2v) is 9.42. The zero-order chi connectivity index (χ0) is 29.0. The van der Waals surface area contributed by atoms with Crippen molar-refractivity contribution >= 4 is 58.4 Å². The monoisotopic (exact) mass is 583 g/mol. The van der Waals surface area contributed by atoms with E-state index in [1.54, 1.807) is 0 Å². The van der Waals surface area contributed by atoms with Crippen molar-refractivity contribution in [3.8, 4) is 5.75 Å². The summed E-state index contributed by atoms with van der Waals surface area (Å²) in [5, 5.41) is 12.8. The Balaban J connectivity index is 1.54. The molecule has 4 rings (SSSR count). The standard InChI is InChI=1S/C27H19Cl2N3O8/c28-18-8-13-21(22(29)14-18)27(37)40-20-11-6-16(7-12-20)23(33)15-30(31-24(34)2-1-3-25(31)35)26(36)17-4-9-19(10-5-17)32(38)39/h4-14H,1-3,15H2. The van der Waals surface area contributed by atoms with Gasteiger partial charge in [0.15, 0.2) is 5.78 Å². The summed E-state index contributed by atoms with van der Waals surface area (Å²) in [6, 6.07) is 14.2. The number of carbonyl (C=O) groups excluding carboxylic acids is 5. The molecule has 3 aromatic rings. The van der Waals surface area contributed by atoms with E-state index >= 15 is 0 Å². The van der Waals surface area contributed by atoms with E-state index in [0.717, 1.165) is 17.1 Å². The Morgan fingerprint density at radius 1 is 0.900 bits per heavy atom. The maximum Gasteiger partial charge on any atom is 0.345 e. The largest absolute Gasteiger partial charge is 0.423 e. The lowest BCUT2D eigenvalue weighted by molar-refractivity contribution is -0.384. The van der Waals surface area contributed by atoms with Gasteiger partial charge in [0, 0.05) is 41.1 Å². The van der Waals surface area contributed by atoms with Gasteiger partial charge in [-0.2, -0.15) is 5.01 Å². The van der Waals surface area contributed by atoms with Gasteiger partial charge < -0.3 is 4.74 Å². The van der Waals surface area contributed by atoms with E-state index in [-0.39, 0.29) is 46.0 Å². The molecule has 0 spiro atoms. The van der Waals surface area contributed by atoms with Crippen molar-refractivity contribution in [2.45, 2.75) is 19.3 Å². The fraction of sp³-hybridized carbons (Fsp3) is 0.148. The first-order valence-corrected chi connectivity index (χ1v) is 12.5. The van der Waals surface area contributed by atoms with Crippen LogP contribution < -0.4 is 4.74 Å². The molecule has 0 unspecified atom stereocenters. The lowest BCUT2D eigenvalue weighted by atomic mass is 10.1. The van der Waals surface area contributed by atoms with E-state index in [9.17, 15) is 34.1 Å². The number of Topliss-reactive ketones (excluding diaryl/α,β-unsaturated/α-hetero) is 1. The smallest absolute Gasteiger partial charge is 0.345 e. The fourth-order valence-electron chi connectivity index (χ4n) is 3.87. The average molecular weight is 584 g/mol. The number of nitrogens with zero attached hydrogens (tertiary/aromatic N) is 3. The Morgan fingerprint density at radius 3 is 2.08 bits per heavy atom. The van der Waals surface area contributed by atoms with Crippen molar-refractivity contribution < 1.29 is 33.6 Å². The van der Waals surface area contributed by atoms with Crippen LogP contribution in [-0.4, -0.2) is 51.0 Å². The third-order valence-corrected chi connectivity index (χ3v) is 6.43. The topological polar surface area (TPSA) is 144 Å². The number of esters is 1. The van der Waals surface area contributed by atoms with E-state index in [0.29, 0.717) is 16.5 Å². The summed E-state index contributed by atoms with van der Waals surface area (Å²) >= 11 is 11.9. The number of nitro benzene ring substituents is 1. The molecule has 13 heteroatoms. The van der Waals surface area contributed by atoms with Gasteiger partial charge in [0.1, 0.15) is 12.3 Å². The summed E-state index contributed by atoms with van der Waals surface area (Å²) in [6.45, 7) is -0.674. The van der Waals surface area contributed by atoms with Crippen LogP contribution in [0, 0.1) is 10.1 Å². The van der Waals surface area contributed by atoms with Gasteiger partial charge in [-0.3, -0.25) is 29.3 Å². The number of halogens is 2. The number of non-ortho nitro benzene ring substituents is 1. The number of amides is 3. The van der Waals surface area contributed by atoms with Gasteiger partial charge in [-0.25, -0.2) is 9.80 Å². The predicted molar refractivity (Wildman–Crippen MR) is 142 cm³/mol. The summed E-state index contributed by atoms with van der Waals surface area (Å²) in [6.07, 6.45) is 0.312. The van der Waals surface area contributed by atoms with Gasteiger partial charge in [-0.05, 0) is 61.0 Å². The van der Waals surface area contributed by atoms with Crippen LogP contribution in [0.25, 0.3) is 0 Å². The summed E-state index contributed by atoms with van der Waals surface area (Å²) in [5.74, 6) is -3.43. The SMILES string of the molecule is O=C(CN(C(=O)c1ccc([N+](=O)[O-])cc1)N1C(=O)CCCC1=O)c1ccc(OC(=O)c2ccc(Cl)cc2Cl)cc1.